The van der Waals surface area contributed by atoms with E-state index in [-0.39, 0.29) is 18.2 Å². The summed E-state index contributed by atoms with van der Waals surface area (Å²) in [6.45, 7) is 8.81. The lowest BCUT2D eigenvalue weighted by Crippen LogP contribution is -2.44. The Bertz CT molecular complexity index is 653. The summed E-state index contributed by atoms with van der Waals surface area (Å²) in [5.41, 5.74) is 0.224. The molecule has 1 aromatic rings. The van der Waals surface area contributed by atoms with E-state index in [9.17, 15) is 14.7 Å². The molecule has 2 rings (SSSR count). The van der Waals surface area contributed by atoms with Crippen molar-refractivity contribution in [3.05, 3.63) is 23.8 Å². The minimum atomic E-state index is -1.12. The van der Waals surface area contributed by atoms with Gasteiger partial charge < -0.3 is 9.67 Å². The molecule has 0 aliphatic carbocycles. The van der Waals surface area contributed by atoms with Crippen LogP contribution in [0.4, 0.5) is 0 Å². The Hall–Kier alpha value is -1.95. The van der Waals surface area contributed by atoms with Crippen LogP contribution in [0.15, 0.2) is 18.1 Å². The highest BCUT2D eigenvalue weighted by molar-refractivity contribution is 6.07. The second-order valence-electron chi connectivity index (χ2n) is 7.83. The number of nitrogens with zero attached hydrogens (tertiary/aromatic N) is 3. The van der Waals surface area contributed by atoms with Gasteiger partial charge >= 0.3 is 0 Å². The number of hydrogen-bond donors (Lipinski definition) is 1. The molecule has 6 heteroatoms. The van der Waals surface area contributed by atoms with E-state index in [2.05, 4.69) is 18.8 Å². The summed E-state index contributed by atoms with van der Waals surface area (Å²) in [6, 6.07) is 0. The first-order chi connectivity index (χ1) is 11.7. The highest BCUT2D eigenvalue weighted by Gasteiger charge is 2.31. The quantitative estimate of drug-likeness (QED) is 0.803. The third kappa shape index (κ3) is 5.81. The normalized spacial score (nSPS) is 17.6. The lowest BCUT2D eigenvalue weighted by molar-refractivity contribution is -0.146. The molecule has 0 saturated carbocycles. The second kappa shape index (κ2) is 7.95. The highest BCUT2D eigenvalue weighted by atomic mass is 16.3. The predicted molar refractivity (Wildman–Crippen MR) is 96.5 cm³/mol. The molecule has 1 aromatic heterocycles. The zero-order valence-corrected chi connectivity index (χ0v) is 15.7. The molecule has 0 bridgehead atoms. The van der Waals surface area contributed by atoms with Crippen LogP contribution in [0.3, 0.4) is 0 Å². The lowest BCUT2D eigenvalue weighted by atomic mass is 9.99. The molecule has 138 valence electrons. The van der Waals surface area contributed by atoms with Crippen molar-refractivity contribution in [3.8, 4) is 0 Å². The second-order valence-corrected chi connectivity index (χ2v) is 7.83. The maximum Gasteiger partial charge on any atom is 0.256 e. The number of carbonyl (C=O) groups excluding carboxylic acids is 2. The molecular weight excluding hydrogens is 318 g/mol. The molecule has 1 aliphatic heterocycles. The number of imide groups is 1. The van der Waals surface area contributed by atoms with Crippen LogP contribution in [0, 0.1) is 5.92 Å². The first-order valence-electron chi connectivity index (χ1n) is 8.95. The van der Waals surface area contributed by atoms with Gasteiger partial charge in [0.15, 0.2) is 0 Å². The van der Waals surface area contributed by atoms with E-state index in [1.165, 1.54) is 4.90 Å². The van der Waals surface area contributed by atoms with Gasteiger partial charge in [0.1, 0.15) is 0 Å². The summed E-state index contributed by atoms with van der Waals surface area (Å²) < 4.78 is 2.02. The average Bonchev–Trinajstić information content (AvgIpc) is 2.93. The number of imidazole rings is 1. The van der Waals surface area contributed by atoms with Crippen LogP contribution >= 0.6 is 0 Å². The van der Waals surface area contributed by atoms with E-state index in [4.69, 9.17) is 0 Å². The van der Waals surface area contributed by atoms with Gasteiger partial charge in [0.05, 0.1) is 24.0 Å². The topological polar surface area (TPSA) is 75.4 Å². The van der Waals surface area contributed by atoms with Gasteiger partial charge in [-0.05, 0) is 45.1 Å². The zero-order chi connectivity index (χ0) is 18.6. The third-order valence-electron chi connectivity index (χ3n) is 4.17. The first-order valence-corrected chi connectivity index (χ1v) is 8.95. The van der Waals surface area contributed by atoms with E-state index < -0.39 is 5.60 Å². The summed E-state index contributed by atoms with van der Waals surface area (Å²) in [7, 11) is 0. The van der Waals surface area contributed by atoms with Crippen LogP contribution in [-0.2, 0) is 16.1 Å². The summed E-state index contributed by atoms with van der Waals surface area (Å²) in [4.78, 5) is 30.5. The number of carbonyl (C=O) groups is 2. The van der Waals surface area contributed by atoms with Crippen molar-refractivity contribution < 1.29 is 14.7 Å². The van der Waals surface area contributed by atoms with Crippen molar-refractivity contribution in [2.24, 2.45) is 5.92 Å². The van der Waals surface area contributed by atoms with Crippen LogP contribution in [0.2, 0.25) is 0 Å². The van der Waals surface area contributed by atoms with Gasteiger partial charge in [0.25, 0.3) is 5.91 Å². The molecule has 0 radical (unpaired) electrons. The van der Waals surface area contributed by atoms with E-state index in [0.717, 1.165) is 25.1 Å². The number of aromatic nitrogens is 2. The zero-order valence-electron chi connectivity index (χ0n) is 15.7. The van der Waals surface area contributed by atoms with Crippen molar-refractivity contribution in [1.29, 1.82) is 0 Å². The summed E-state index contributed by atoms with van der Waals surface area (Å²) >= 11 is 0. The van der Waals surface area contributed by atoms with E-state index in [0.29, 0.717) is 24.5 Å². The Morgan fingerprint density at radius 3 is 2.80 bits per heavy atom. The van der Waals surface area contributed by atoms with Gasteiger partial charge in [-0.25, -0.2) is 4.98 Å². The SMILES string of the molecule is CC(C)CCn1cnc(/C=C2\CCCN(C(=O)CC(C)(C)O)C2=O)c1. The molecule has 0 aromatic carbocycles. The Balaban J connectivity index is 2.07. The van der Waals surface area contributed by atoms with Crippen LogP contribution in [-0.4, -0.2) is 43.5 Å². The van der Waals surface area contributed by atoms with Gasteiger partial charge in [-0.3, -0.25) is 14.5 Å². The Labute approximate surface area is 149 Å². The molecular formula is C19H29N3O3. The lowest BCUT2D eigenvalue weighted by Gasteiger charge is -2.29. The summed E-state index contributed by atoms with van der Waals surface area (Å²) in [6.07, 6.45) is 7.88. The smallest absolute Gasteiger partial charge is 0.256 e. The molecule has 1 N–H and O–H groups in total. The van der Waals surface area contributed by atoms with E-state index in [1.807, 2.05) is 10.8 Å². The Kier molecular flexibility index (Phi) is 6.16. The fourth-order valence-electron chi connectivity index (χ4n) is 2.81. The van der Waals surface area contributed by atoms with Crippen molar-refractivity contribution >= 4 is 17.9 Å². The fourth-order valence-corrected chi connectivity index (χ4v) is 2.81. The number of rotatable bonds is 6. The molecule has 1 aliphatic rings. The molecule has 2 amide bonds. The van der Waals surface area contributed by atoms with Gasteiger partial charge in [-0.2, -0.15) is 0 Å². The van der Waals surface area contributed by atoms with Crippen molar-refractivity contribution in [3.63, 3.8) is 0 Å². The van der Waals surface area contributed by atoms with E-state index >= 15 is 0 Å². The molecule has 0 unspecified atom stereocenters. The Morgan fingerprint density at radius 2 is 2.16 bits per heavy atom. The maximum absolute atomic E-state index is 12.6. The van der Waals surface area contributed by atoms with Crippen LogP contribution in [0.25, 0.3) is 6.08 Å². The summed E-state index contributed by atoms with van der Waals surface area (Å²) in [5.74, 6) is 0.0299. The van der Waals surface area contributed by atoms with Crippen LogP contribution in [0.1, 0.15) is 59.1 Å². The number of piperidine rings is 1. The number of hydrogen-bond acceptors (Lipinski definition) is 4. The van der Waals surface area contributed by atoms with Gasteiger partial charge in [0, 0.05) is 24.9 Å². The molecule has 1 fully saturated rings. The van der Waals surface area contributed by atoms with Crippen molar-refractivity contribution in [2.75, 3.05) is 6.54 Å². The van der Waals surface area contributed by atoms with Crippen LogP contribution in [0.5, 0.6) is 0 Å². The first kappa shape index (κ1) is 19.4. The largest absolute Gasteiger partial charge is 0.390 e. The van der Waals surface area contributed by atoms with E-state index in [1.54, 1.807) is 26.3 Å². The monoisotopic (exact) mass is 347 g/mol. The average molecular weight is 347 g/mol. The fraction of sp³-hybridized carbons (Fsp3) is 0.632. The maximum atomic E-state index is 12.6. The minimum Gasteiger partial charge on any atom is -0.390 e. The van der Waals surface area contributed by atoms with Crippen molar-refractivity contribution in [1.82, 2.24) is 14.5 Å². The number of aryl methyl sites for hydroxylation is 1. The predicted octanol–water partition coefficient (Wildman–Crippen LogP) is 2.62. The molecule has 2 heterocycles. The molecule has 0 spiro atoms. The van der Waals surface area contributed by atoms with Gasteiger partial charge in [-0.15, -0.1) is 0 Å². The Morgan fingerprint density at radius 1 is 1.44 bits per heavy atom. The van der Waals surface area contributed by atoms with Crippen molar-refractivity contribution in [2.45, 2.75) is 65.5 Å². The molecule has 25 heavy (non-hydrogen) atoms. The van der Waals surface area contributed by atoms with Gasteiger partial charge in [-0.1, -0.05) is 13.8 Å². The summed E-state index contributed by atoms with van der Waals surface area (Å²) in [5, 5.41) is 9.81. The van der Waals surface area contributed by atoms with Crippen LogP contribution < -0.4 is 0 Å². The molecule has 0 atom stereocenters. The minimum absolute atomic E-state index is 0.0597. The molecule has 6 nitrogen and oxygen atoms in total. The number of amides is 2. The van der Waals surface area contributed by atoms with Gasteiger partial charge in [0.2, 0.25) is 5.91 Å². The number of likely N-dealkylation sites (tertiary alicyclic amines) is 1. The molecule has 1 saturated heterocycles. The highest BCUT2D eigenvalue weighted by Crippen LogP contribution is 2.22. The number of aliphatic hydroxyl groups is 1. The third-order valence-corrected chi connectivity index (χ3v) is 4.17. The standard InChI is InChI=1S/C19H29N3O3/c1-14(2)7-9-21-12-16(20-13-21)10-15-6-5-8-22(18(15)24)17(23)11-19(3,4)25/h10,12-14,25H,5-9,11H2,1-4H3/b15-10+.